The Morgan fingerprint density at radius 3 is 2.69 bits per heavy atom. The van der Waals surface area contributed by atoms with Gasteiger partial charge in [0.1, 0.15) is 15.6 Å². The zero-order valence-electron chi connectivity index (χ0n) is 17.7. The van der Waals surface area contributed by atoms with Crippen molar-refractivity contribution >= 4 is 44.5 Å². The number of thiophene rings is 1. The number of nitrogens with one attached hydrogen (secondary N) is 1. The number of carboxylic acid groups (broad SMARTS) is 1. The summed E-state index contributed by atoms with van der Waals surface area (Å²) in [5.41, 5.74) is 2.41. The first-order valence-corrected chi connectivity index (χ1v) is 12.5. The van der Waals surface area contributed by atoms with E-state index in [1.54, 1.807) is 11.4 Å². The Balaban J connectivity index is 1.56. The van der Waals surface area contributed by atoms with Crippen LogP contribution in [0.3, 0.4) is 0 Å². The molecule has 0 saturated carbocycles. The van der Waals surface area contributed by atoms with Gasteiger partial charge in [-0.1, -0.05) is 18.2 Å². The van der Waals surface area contributed by atoms with Gasteiger partial charge in [-0.3, -0.25) is 4.72 Å². The van der Waals surface area contributed by atoms with Crippen LogP contribution in [0.5, 0.6) is 0 Å². The van der Waals surface area contributed by atoms with E-state index >= 15 is 0 Å². The Kier molecular flexibility index (Phi) is 6.07. The van der Waals surface area contributed by atoms with Gasteiger partial charge in [0, 0.05) is 31.4 Å². The van der Waals surface area contributed by atoms with Gasteiger partial charge in [0.05, 0.1) is 11.9 Å². The van der Waals surface area contributed by atoms with Crippen molar-refractivity contribution in [1.82, 2.24) is 4.98 Å². The van der Waals surface area contributed by atoms with E-state index in [0.29, 0.717) is 18.9 Å². The number of nitrogens with zero attached hydrogens (tertiary/aromatic N) is 3. The number of benzene rings is 1. The van der Waals surface area contributed by atoms with Gasteiger partial charge in [-0.25, -0.2) is 18.2 Å². The van der Waals surface area contributed by atoms with E-state index in [1.807, 2.05) is 11.0 Å². The van der Waals surface area contributed by atoms with Crippen molar-refractivity contribution in [3.63, 3.8) is 0 Å². The number of carbonyl (C=O) groups is 1. The van der Waals surface area contributed by atoms with E-state index in [4.69, 9.17) is 0 Å². The Labute approximate surface area is 191 Å². The monoisotopic (exact) mass is 472 g/mol. The smallest absolute Gasteiger partial charge is 0.339 e. The number of piperazine rings is 1. The lowest BCUT2D eigenvalue weighted by molar-refractivity contribution is 0.0697. The predicted molar refractivity (Wildman–Crippen MR) is 127 cm³/mol. The maximum absolute atomic E-state index is 12.5. The van der Waals surface area contributed by atoms with Crippen LogP contribution < -0.4 is 14.5 Å². The molecule has 8 nitrogen and oxygen atoms in total. The van der Waals surface area contributed by atoms with E-state index in [1.165, 1.54) is 23.9 Å². The fraction of sp³-hybridized carbons (Fsp3) is 0.273. The lowest BCUT2D eigenvalue weighted by Crippen LogP contribution is -2.52. The minimum absolute atomic E-state index is 0.0346. The standard InChI is InChI=1S/C22H24N4O4S2/c1-15-5-3-6-18(11-15)26-9-8-25(14-16(26)2)21-19(22(27)28)12-17(13-23-21)24-32(29,30)20-7-4-10-31-20/h3-7,10-13,16,24H,8-9,14H2,1-2H3,(H,27,28)/t16-/m0/s1. The van der Waals surface area contributed by atoms with Crippen molar-refractivity contribution in [3.05, 3.63) is 65.2 Å². The molecular formula is C22H24N4O4S2. The molecule has 3 aromatic rings. The summed E-state index contributed by atoms with van der Waals surface area (Å²) in [6.45, 7) is 6.08. The summed E-state index contributed by atoms with van der Waals surface area (Å²) in [5, 5.41) is 11.4. The molecule has 10 heteroatoms. The molecule has 1 saturated heterocycles. The van der Waals surface area contributed by atoms with Gasteiger partial charge in [0.25, 0.3) is 10.0 Å². The second-order valence-corrected chi connectivity index (χ2v) is 10.6. The van der Waals surface area contributed by atoms with Gasteiger partial charge < -0.3 is 14.9 Å². The molecule has 168 valence electrons. The molecule has 1 aliphatic rings. The molecule has 1 aliphatic heterocycles. The number of aromatic carboxylic acids is 1. The average Bonchev–Trinajstić information content (AvgIpc) is 3.29. The first-order valence-electron chi connectivity index (χ1n) is 10.1. The molecule has 0 amide bonds. The summed E-state index contributed by atoms with van der Waals surface area (Å²) in [6, 6.07) is 12.9. The summed E-state index contributed by atoms with van der Waals surface area (Å²) in [7, 11) is -3.79. The average molecular weight is 473 g/mol. The number of pyridine rings is 1. The molecule has 0 spiro atoms. The third-order valence-electron chi connectivity index (χ3n) is 5.37. The first kappa shape index (κ1) is 22.1. The van der Waals surface area contributed by atoms with E-state index in [9.17, 15) is 18.3 Å². The normalized spacial score (nSPS) is 16.8. The summed E-state index contributed by atoms with van der Waals surface area (Å²) in [4.78, 5) is 20.5. The van der Waals surface area contributed by atoms with Crippen molar-refractivity contribution in [3.8, 4) is 0 Å². The van der Waals surface area contributed by atoms with Gasteiger partial charge in [-0.15, -0.1) is 11.3 Å². The van der Waals surface area contributed by atoms with E-state index in [2.05, 4.69) is 46.7 Å². The molecule has 0 radical (unpaired) electrons. The molecule has 2 aromatic heterocycles. The van der Waals surface area contributed by atoms with E-state index in [0.717, 1.165) is 23.6 Å². The zero-order valence-corrected chi connectivity index (χ0v) is 19.4. The molecule has 1 fully saturated rings. The number of aromatic nitrogens is 1. The molecule has 0 bridgehead atoms. The minimum Gasteiger partial charge on any atom is -0.478 e. The van der Waals surface area contributed by atoms with Crippen molar-refractivity contribution in [1.29, 1.82) is 0 Å². The van der Waals surface area contributed by atoms with Crippen LogP contribution in [0.25, 0.3) is 0 Å². The van der Waals surface area contributed by atoms with Crippen LogP contribution in [0.15, 0.2) is 58.3 Å². The summed E-state index contributed by atoms with van der Waals surface area (Å²) < 4.78 is 27.5. The maximum Gasteiger partial charge on any atom is 0.339 e. The number of rotatable bonds is 6. The Hall–Kier alpha value is -3.11. The fourth-order valence-corrected chi connectivity index (χ4v) is 5.91. The number of hydrogen-bond acceptors (Lipinski definition) is 7. The van der Waals surface area contributed by atoms with Crippen LogP contribution in [0.4, 0.5) is 17.2 Å². The quantitative estimate of drug-likeness (QED) is 0.564. The summed E-state index contributed by atoms with van der Waals surface area (Å²) in [5.74, 6) is -0.814. The van der Waals surface area contributed by atoms with Crippen LogP contribution >= 0.6 is 11.3 Å². The largest absolute Gasteiger partial charge is 0.478 e. The predicted octanol–water partition coefficient (Wildman–Crippen LogP) is 3.67. The van der Waals surface area contributed by atoms with Crippen molar-refractivity contribution in [2.24, 2.45) is 0 Å². The van der Waals surface area contributed by atoms with Gasteiger partial charge in [0.15, 0.2) is 0 Å². The van der Waals surface area contributed by atoms with Crippen LogP contribution in [-0.2, 0) is 10.0 Å². The van der Waals surface area contributed by atoms with Crippen molar-refractivity contribution < 1.29 is 18.3 Å². The maximum atomic E-state index is 12.5. The van der Waals surface area contributed by atoms with Crippen LogP contribution in [0.1, 0.15) is 22.8 Å². The highest BCUT2D eigenvalue weighted by atomic mass is 32.2. The topological polar surface area (TPSA) is 103 Å². The minimum atomic E-state index is -3.79. The van der Waals surface area contributed by atoms with Crippen molar-refractivity contribution in [2.75, 3.05) is 34.2 Å². The number of anilines is 3. The van der Waals surface area contributed by atoms with Crippen LogP contribution in [-0.4, -0.2) is 50.2 Å². The highest BCUT2D eigenvalue weighted by Gasteiger charge is 2.28. The molecule has 1 aromatic carbocycles. The lowest BCUT2D eigenvalue weighted by Gasteiger charge is -2.42. The van der Waals surface area contributed by atoms with Gasteiger partial charge in [0.2, 0.25) is 0 Å². The molecule has 0 aliphatic carbocycles. The van der Waals surface area contributed by atoms with Crippen molar-refractivity contribution in [2.45, 2.75) is 24.1 Å². The van der Waals surface area contributed by atoms with Gasteiger partial charge >= 0.3 is 5.97 Å². The third-order valence-corrected chi connectivity index (χ3v) is 8.15. The Morgan fingerprint density at radius 2 is 2.03 bits per heavy atom. The molecule has 3 heterocycles. The third kappa shape index (κ3) is 4.56. The second-order valence-electron chi connectivity index (χ2n) is 7.77. The molecule has 1 atom stereocenters. The molecular weight excluding hydrogens is 448 g/mol. The Morgan fingerprint density at radius 1 is 1.22 bits per heavy atom. The highest BCUT2D eigenvalue weighted by molar-refractivity contribution is 7.94. The van der Waals surface area contributed by atoms with Gasteiger partial charge in [-0.2, -0.15) is 0 Å². The Bertz CT molecular complexity index is 1230. The van der Waals surface area contributed by atoms with E-state index < -0.39 is 16.0 Å². The van der Waals surface area contributed by atoms with E-state index in [-0.39, 0.29) is 21.5 Å². The SMILES string of the molecule is Cc1cccc(N2CCN(c3ncc(NS(=O)(=O)c4cccs4)cc3C(=O)O)C[C@@H]2C)c1. The molecule has 2 N–H and O–H groups in total. The molecule has 0 unspecified atom stereocenters. The molecule has 32 heavy (non-hydrogen) atoms. The lowest BCUT2D eigenvalue weighted by atomic mass is 10.1. The summed E-state index contributed by atoms with van der Waals surface area (Å²) in [6.07, 6.45) is 1.37. The number of hydrogen-bond donors (Lipinski definition) is 2. The zero-order chi connectivity index (χ0) is 22.9. The first-order chi connectivity index (χ1) is 15.2. The number of sulfonamides is 1. The fourth-order valence-electron chi connectivity index (χ4n) is 3.88. The highest BCUT2D eigenvalue weighted by Crippen LogP contribution is 2.28. The van der Waals surface area contributed by atoms with Gasteiger partial charge in [-0.05, 0) is 49.1 Å². The summed E-state index contributed by atoms with van der Waals surface area (Å²) >= 11 is 1.08. The van der Waals surface area contributed by atoms with Crippen LogP contribution in [0.2, 0.25) is 0 Å². The molecule has 4 rings (SSSR count). The number of aryl methyl sites for hydroxylation is 1. The van der Waals surface area contributed by atoms with Crippen LogP contribution in [0, 0.1) is 6.92 Å². The second kappa shape index (κ2) is 8.79. The number of carboxylic acids is 1.